The Kier molecular flexibility index (Phi) is 5.85. The van der Waals surface area contributed by atoms with Crippen molar-refractivity contribution in [3.05, 3.63) is 170 Å². The molecule has 5 nitrogen and oxygen atoms in total. The summed E-state index contributed by atoms with van der Waals surface area (Å²) in [6.45, 7) is 0. The molecule has 0 aliphatic carbocycles. The van der Waals surface area contributed by atoms with E-state index in [9.17, 15) is 0 Å². The Hall–Kier alpha value is -7.54. The second-order valence-electron chi connectivity index (χ2n) is 15.3. The molecule has 0 bridgehead atoms. The molecule has 6 heterocycles. The molecule has 6 heteroatoms. The minimum atomic E-state index is 0.518. The van der Waals surface area contributed by atoms with Crippen molar-refractivity contribution in [3.63, 3.8) is 0 Å². The molecular weight excluding hydrogens is 729 g/mol. The number of hydrogen-bond acceptors (Lipinski definition) is 4. The van der Waals surface area contributed by atoms with E-state index < -0.39 is 0 Å². The van der Waals surface area contributed by atoms with Crippen molar-refractivity contribution in [2.75, 3.05) is 0 Å². The highest BCUT2D eigenvalue weighted by Crippen LogP contribution is 2.52. The van der Waals surface area contributed by atoms with Crippen LogP contribution in [0.5, 0.6) is 0 Å². The predicted molar refractivity (Wildman–Crippen MR) is 241 cm³/mol. The standard InChI is InChI=1S/C52H28N4OS/c1-2-17-34-30(13-1)31-14-3-8-20-39(31)55-40-21-9-4-15-32(40)38-28-42-46(47(34)50(38)55)35-18-5-10-22-41(35)56(42)51-48(53-49-36-19-6-11-23-43(36)57-52(49)54-51)29-25-26-45-37(27-29)33-16-7-12-24-44(33)58-45/h1-28H. The molecule has 0 saturated carbocycles. The fourth-order valence-corrected chi connectivity index (χ4v) is 11.0. The van der Waals surface area contributed by atoms with Crippen LogP contribution >= 0.6 is 11.3 Å². The SMILES string of the molecule is c1ccc2c(c1)-c1ccccc1-n1c3ccccc3c3cc4c(c-2c31)c1ccccc1n4-c1nc2oc3ccccc3c2nc1-c1ccc2sc3ccccc3c2c1. The van der Waals surface area contributed by atoms with E-state index in [1.165, 1.54) is 75.3 Å². The number of aromatic nitrogens is 4. The van der Waals surface area contributed by atoms with E-state index in [2.05, 4.69) is 161 Å². The molecule has 1 aliphatic rings. The lowest BCUT2D eigenvalue weighted by Crippen LogP contribution is -2.03. The Balaban J connectivity index is 1.19. The van der Waals surface area contributed by atoms with Gasteiger partial charge >= 0.3 is 0 Å². The number of nitrogens with zero attached hydrogens (tertiary/aromatic N) is 4. The molecule has 0 saturated heterocycles. The van der Waals surface area contributed by atoms with E-state index in [1.807, 2.05) is 29.5 Å². The van der Waals surface area contributed by atoms with Crippen LogP contribution in [0.4, 0.5) is 0 Å². The maximum absolute atomic E-state index is 6.52. The number of thiophene rings is 1. The topological polar surface area (TPSA) is 48.8 Å². The largest absolute Gasteiger partial charge is 0.436 e. The summed E-state index contributed by atoms with van der Waals surface area (Å²) < 4.78 is 13.9. The second kappa shape index (κ2) is 11.1. The van der Waals surface area contributed by atoms with Gasteiger partial charge in [0.05, 0.1) is 27.8 Å². The first kappa shape index (κ1) is 30.7. The number of para-hydroxylation sites is 4. The number of fused-ring (bicyclic) bond motifs is 18. The summed E-state index contributed by atoms with van der Waals surface area (Å²) >= 11 is 1.82. The van der Waals surface area contributed by atoms with Crippen LogP contribution in [0.3, 0.4) is 0 Å². The average molecular weight is 757 g/mol. The molecule has 1 aliphatic heterocycles. The van der Waals surface area contributed by atoms with Gasteiger partial charge in [0.15, 0.2) is 5.82 Å². The van der Waals surface area contributed by atoms with Crippen molar-refractivity contribution < 1.29 is 4.42 Å². The van der Waals surface area contributed by atoms with Gasteiger partial charge in [-0.05, 0) is 65.7 Å². The first-order valence-corrected chi connectivity index (χ1v) is 20.4. The lowest BCUT2D eigenvalue weighted by Gasteiger charge is -2.14. The van der Waals surface area contributed by atoms with E-state index in [4.69, 9.17) is 14.4 Å². The van der Waals surface area contributed by atoms with Gasteiger partial charge in [-0.15, -0.1) is 11.3 Å². The zero-order valence-corrected chi connectivity index (χ0v) is 31.6. The molecule has 268 valence electrons. The molecule has 0 unspecified atom stereocenters. The van der Waals surface area contributed by atoms with Crippen LogP contribution in [0, 0.1) is 0 Å². The van der Waals surface area contributed by atoms with E-state index in [-0.39, 0.29) is 0 Å². The number of furan rings is 1. The van der Waals surface area contributed by atoms with E-state index in [0.29, 0.717) is 5.71 Å². The van der Waals surface area contributed by atoms with Gasteiger partial charge in [-0.1, -0.05) is 115 Å². The van der Waals surface area contributed by atoms with Crippen molar-refractivity contribution in [2.24, 2.45) is 0 Å². The third kappa shape index (κ3) is 3.89. The van der Waals surface area contributed by atoms with E-state index >= 15 is 0 Å². The van der Waals surface area contributed by atoms with Crippen LogP contribution in [0.1, 0.15) is 0 Å². The van der Waals surface area contributed by atoms with Crippen molar-refractivity contribution in [1.82, 2.24) is 19.1 Å². The summed E-state index contributed by atoms with van der Waals surface area (Å²) in [5.41, 5.74) is 14.4. The Labute approximate surface area is 334 Å². The predicted octanol–water partition coefficient (Wildman–Crippen LogP) is 14.3. The molecular formula is C52H28N4OS. The molecule has 0 atom stereocenters. The van der Waals surface area contributed by atoms with Crippen LogP contribution in [-0.2, 0) is 0 Å². The highest BCUT2D eigenvalue weighted by molar-refractivity contribution is 7.25. The maximum atomic E-state index is 6.52. The summed E-state index contributed by atoms with van der Waals surface area (Å²) in [5, 5.41) is 8.16. The minimum absolute atomic E-state index is 0.518. The minimum Gasteiger partial charge on any atom is -0.436 e. The van der Waals surface area contributed by atoms with Crippen molar-refractivity contribution in [1.29, 1.82) is 0 Å². The molecule has 13 aromatic rings. The highest BCUT2D eigenvalue weighted by Gasteiger charge is 2.30. The third-order valence-electron chi connectivity index (χ3n) is 12.3. The lowest BCUT2D eigenvalue weighted by molar-refractivity contribution is 0.652. The van der Waals surface area contributed by atoms with E-state index in [1.54, 1.807) is 0 Å². The molecule has 5 aromatic heterocycles. The highest BCUT2D eigenvalue weighted by atomic mass is 32.1. The van der Waals surface area contributed by atoms with Gasteiger partial charge in [0.25, 0.3) is 0 Å². The summed E-state index contributed by atoms with van der Waals surface area (Å²) in [6.07, 6.45) is 0. The first-order valence-electron chi connectivity index (χ1n) is 19.6. The van der Waals surface area contributed by atoms with Gasteiger partial charge < -0.3 is 8.98 Å². The average Bonchev–Trinajstić information content (AvgIpc) is 4.00. The third-order valence-corrected chi connectivity index (χ3v) is 13.4. The molecule has 0 amide bonds. The normalized spacial score (nSPS) is 12.5. The number of benzene rings is 8. The van der Waals surface area contributed by atoms with Crippen LogP contribution in [0.15, 0.2) is 174 Å². The quantitative estimate of drug-likeness (QED) is 0.176. The summed E-state index contributed by atoms with van der Waals surface area (Å²) in [7, 11) is 0. The Morgan fingerprint density at radius 2 is 1.14 bits per heavy atom. The van der Waals surface area contributed by atoms with Crippen molar-refractivity contribution >= 4 is 97.3 Å². The summed E-state index contributed by atoms with van der Waals surface area (Å²) in [6, 6.07) is 61.2. The Morgan fingerprint density at radius 3 is 2.02 bits per heavy atom. The zero-order valence-electron chi connectivity index (χ0n) is 30.8. The van der Waals surface area contributed by atoms with Gasteiger partial charge in [-0.25, -0.2) is 4.98 Å². The number of rotatable bonds is 2. The number of hydrogen-bond donors (Lipinski definition) is 0. The molecule has 14 rings (SSSR count). The summed E-state index contributed by atoms with van der Waals surface area (Å²) in [5.74, 6) is 0.733. The van der Waals surface area contributed by atoms with Gasteiger partial charge in [-0.2, -0.15) is 4.98 Å². The van der Waals surface area contributed by atoms with Crippen LogP contribution in [0.25, 0.3) is 131 Å². The molecule has 8 aromatic carbocycles. The Morgan fingerprint density at radius 1 is 0.466 bits per heavy atom. The molecule has 0 spiro atoms. The molecule has 0 radical (unpaired) electrons. The molecule has 58 heavy (non-hydrogen) atoms. The van der Waals surface area contributed by atoms with Gasteiger partial charge in [-0.3, -0.25) is 4.57 Å². The van der Waals surface area contributed by atoms with Gasteiger partial charge in [0.2, 0.25) is 5.71 Å². The van der Waals surface area contributed by atoms with Crippen LogP contribution in [0.2, 0.25) is 0 Å². The molecule has 0 fully saturated rings. The zero-order chi connectivity index (χ0) is 37.6. The van der Waals surface area contributed by atoms with Gasteiger partial charge in [0, 0.05) is 63.8 Å². The fraction of sp³-hybridized carbons (Fsp3) is 0. The van der Waals surface area contributed by atoms with Crippen LogP contribution in [-0.4, -0.2) is 19.1 Å². The van der Waals surface area contributed by atoms with Crippen molar-refractivity contribution in [3.8, 4) is 45.0 Å². The summed E-state index contributed by atoms with van der Waals surface area (Å²) in [4.78, 5) is 11.0. The van der Waals surface area contributed by atoms with Crippen molar-refractivity contribution in [2.45, 2.75) is 0 Å². The fourth-order valence-electron chi connectivity index (χ4n) is 9.88. The lowest BCUT2D eigenvalue weighted by atomic mass is 9.91. The van der Waals surface area contributed by atoms with E-state index in [0.717, 1.165) is 50.0 Å². The van der Waals surface area contributed by atoms with Gasteiger partial charge in [0.1, 0.15) is 16.8 Å². The smallest absolute Gasteiger partial charge is 0.248 e. The first-order chi connectivity index (χ1) is 28.8. The Bertz CT molecular complexity index is 3940. The second-order valence-corrected chi connectivity index (χ2v) is 16.4. The monoisotopic (exact) mass is 756 g/mol. The molecule has 0 N–H and O–H groups in total. The maximum Gasteiger partial charge on any atom is 0.248 e. The van der Waals surface area contributed by atoms with Crippen LogP contribution < -0.4 is 0 Å².